The van der Waals surface area contributed by atoms with Crippen LogP contribution in [0.1, 0.15) is 29.0 Å². The van der Waals surface area contributed by atoms with Gasteiger partial charge in [0.05, 0.1) is 17.1 Å². The lowest BCUT2D eigenvalue weighted by molar-refractivity contribution is -0.126. The molecular weight excluding hydrogens is 442 g/mol. The first-order chi connectivity index (χ1) is 15.3. The lowest BCUT2D eigenvalue weighted by atomic mass is 9.97. The zero-order valence-electron chi connectivity index (χ0n) is 18.2. The van der Waals surface area contributed by atoms with Crippen LogP contribution in [-0.2, 0) is 21.4 Å². The lowest BCUT2D eigenvalue weighted by Gasteiger charge is -2.30. The Hall–Kier alpha value is -2.55. The molecule has 1 aliphatic rings. The molecule has 1 fully saturated rings. The molecule has 8 heteroatoms. The average Bonchev–Trinajstić information content (AvgIpc) is 3.29. The van der Waals surface area contributed by atoms with Gasteiger partial charge in [-0.2, -0.15) is 4.31 Å². The standard InChI is InChI=1S/C24H27N3O3S2/c1-17-8-9-21(14-18(17)2)32(29,30)27-12-10-20(11-13-27)24(28)25-15-23-26-22(16-31-23)19-6-4-3-5-7-19/h3-9,14,16,20H,10-13,15H2,1-2H3,(H,25,28). The van der Waals surface area contributed by atoms with Crippen LogP contribution in [0.2, 0.25) is 0 Å². The van der Waals surface area contributed by atoms with E-state index in [4.69, 9.17) is 0 Å². The van der Waals surface area contributed by atoms with Gasteiger partial charge in [-0.1, -0.05) is 36.4 Å². The molecule has 168 valence electrons. The van der Waals surface area contributed by atoms with E-state index < -0.39 is 10.0 Å². The second kappa shape index (κ2) is 9.52. The maximum Gasteiger partial charge on any atom is 0.243 e. The van der Waals surface area contributed by atoms with Gasteiger partial charge in [-0.05, 0) is 49.9 Å². The number of aryl methyl sites for hydroxylation is 2. The minimum absolute atomic E-state index is 0.0373. The SMILES string of the molecule is Cc1ccc(S(=O)(=O)N2CCC(C(=O)NCc3nc(-c4ccccc4)cs3)CC2)cc1C. The van der Waals surface area contributed by atoms with Crippen molar-refractivity contribution in [2.45, 2.75) is 38.1 Å². The predicted octanol–water partition coefficient (Wildman–Crippen LogP) is 4.14. The fraction of sp³-hybridized carbons (Fsp3) is 0.333. The summed E-state index contributed by atoms with van der Waals surface area (Å²) >= 11 is 1.52. The summed E-state index contributed by atoms with van der Waals surface area (Å²) in [6.07, 6.45) is 1.03. The first-order valence-corrected chi connectivity index (χ1v) is 13.0. The zero-order chi connectivity index (χ0) is 22.7. The third-order valence-corrected chi connectivity index (χ3v) is 8.72. The van der Waals surface area contributed by atoms with Crippen LogP contribution in [0.15, 0.2) is 58.8 Å². The van der Waals surface area contributed by atoms with Gasteiger partial charge in [0.1, 0.15) is 5.01 Å². The first kappa shape index (κ1) is 22.6. The minimum Gasteiger partial charge on any atom is -0.349 e. The number of nitrogens with zero attached hydrogens (tertiary/aromatic N) is 2. The molecule has 0 saturated carbocycles. The van der Waals surface area contributed by atoms with Gasteiger partial charge in [-0.15, -0.1) is 11.3 Å². The molecule has 0 spiro atoms. The summed E-state index contributed by atoms with van der Waals surface area (Å²) in [6, 6.07) is 15.2. The molecule has 1 aromatic heterocycles. The third-order valence-electron chi connectivity index (χ3n) is 5.98. The van der Waals surface area contributed by atoms with Crippen molar-refractivity contribution >= 4 is 27.3 Å². The fourth-order valence-electron chi connectivity index (χ4n) is 3.82. The number of hydrogen-bond donors (Lipinski definition) is 1. The van der Waals surface area contributed by atoms with E-state index in [9.17, 15) is 13.2 Å². The van der Waals surface area contributed by atoms with Crippen molar-refractivity contribution in [2.75, 3.05) is 13.1 Å². The summed E-state index contributed by atoms with van der Waals surface area (Å²) < 4.78 is 27.4. The van der Waals surface area contributed by atoms with Crippen LogP contribution in [0.3, 0.4) is 0 Å². The van der Waals surface area contributed by atoms with E-state index in [1.165, 1.54) is 15.6 Å². The smallest absolute Gasteiger partial charge is 0.243 e. The van der Waals surface area contributed by atoms with Gasteiger partial charge < -0.3 is 5.32 Å². The van der Waals surface area contributed by atoms with Crippen molar-refractivity contribution in [1.82, 2.24) is 14.6 Å². The highest BCUT2D eigenvalue weighted by molar-refractivity contribution is 7.89. The number of aromatic nitrogens is 1. The van der Waals surface area contributed by atoms with Crippen LogP contribution in [0.5, 0.6) is 0 Å². The normalized spacial score (nSPS) is 15.6. The third kappa shape index (κ3) is 4.92. The minimum atomic E-state index is -3.54. The van der Waals surface area contributed by atoms with E-state index in [1.807, 2.05) is 55.6 Å². The molecule has 32 heavy (non-hydrogen) atoms. The summed E-state index contributed by atoms with van der Waals surface area (Å²) in [5, 5.41) is 5.82. The van der Waals surface area contributed by atoms with Crippen LogP contribution in [-0.4, -0.2) is 36.7 Å². The van der Waals surface area contributed by atoms with Gasteiger partial charge in [0.2, 0.25) is 15.9 Å². The van der Waals surface area contributed by atoms with E-state index in [0.717, 1.165) is 27.4 Å². The molecule has 1 aliphatic heterocycles. The van der Waals surface area contributed by atoms with E-state index in [-0.39, 0.29) is 11.8 Å². The first-order valence-electron chi connectivity index (χ1n) is 10.7. The Balaban J connectivity index is 1.31. The number of rotatable bonds is 6. The Kier molecular flexibility index (Phi) is 6.74. The molecule has 6 nitrogen and oxygen atoms in total. The maximum absolute atomic E-state index is 13.0. The topological polar surface area (TPSA) is 79.4 Å². The van der Waals surface area contributed by atoms with Crippen LogP contribution in [0, 0.1) is 19.8 Å². The molecule has 2 heterocycles. The molecule has 3 aromatic rings. The summed E-state index contributed by atoms with van der Waals surface area (Å²) in [5.41, 5.74) is 3.98. The molecule has 0 aliphatic carbocycles. The van der Waals surface area contributed by atoms with E-state index >= 15 is 0 Å². The number of amides is 1. The second-order valence-corrected chi connectivity index (χ2v) is 11.0. The molecule has 0 radical (unpaired) electrons. The molecule has 0 atom stereocenters. The zero-order valence-corrected chi connectivity index (χ0v) is 19.9. The number of piperidine rings is 1. The van der Waals surface area contributed by atoms with Gasteiger partial charge in [-0.3, -0.25) is 4.79 Å². The number of sulfonamides is 1. The van der Waals surface area contributed by atoms with E-state index in [2.05, 4.69) is 10.3 Å². The summed E-state index contributed by atoms with van der Waals surface area (Å²) in [7, 11) is -3.54. The van der Waals surface area contributed by atoms with Crippen LogP contribution in [0.25, 0.3) is 11.3 Å². The van der Waals surface area contributed by atoms with Gasteiger partial charge in [0, 0.05) is 30.0 Å². The Morgan fingerprint density at radius 2 is 1.81 bits per heavy atom. The predicted molar refractivity (Wildman–Crippen MR) is 127 cm³/mol. The van der Waals surface area contributed by atoms with Crippen molar-refractivity contribution in [3.63, 3.8) is 0 Å². The number of carbonyl (C=O) groups excluding carboxylic acids is 1. The van der Waals surface area contributed by atoms with Gasteiger partial charge in [-0.25, -0.2) is 13.4 Å². The van der Waals surface area contributed by atoms with Crippen LogP contribution >= 0.6 is 11.3 Å². The van der Waals surface area contributed by atoms with Gasteiger partial charge in [0.25, 0.3) is 0 Å². The Bertz CT molecular complexity index is 1200. The molecular formula is C24H27N3O3S2. The van der Waals surface area contributed by atoms with Crippen molar-refractivity contribution < 1.29 is 13.2 Å². The summed E-state index contributed by atoms with van der Waals surface area (Å²) in [5.74, 6) is -0.223. The fourth-order valence-corrected chi connectivity index (χ4v) is 6.12. The highest BCUT2D eigenvalue weighted by Gasteiger charge is 2.32. The van der Waals surface area contributed by atoms with Gasteiger partial charge >= 0.3 is 0 Å². The second-order valence-electron chi connectivity index (χ2n) is 8.13. The molecule has 0 unspecified atom stereocenters. The molecule has 1 amide bonds. The Morgan fingerprint density at radius 3 is 2.50 bits per heavy atom. The number of carbonyl (C=O) groups is 1. The molecule has 4 rings (SSSR count). The van der Waals surface area contributed by atoms with Crippen LogP contribution in [0.4, 0.5) is 0 Å². The average molecular weight is 470 g/mol. The Labute approximate surface area is 193 Å². The largest absolute Gasteiger partial charge is 0.349 e. The van der Waals surface area contributed by atoms with Crippen molar-refractivity contribution in [3.8, 4) is 11.3 Å². The number of thiazole rings is 1. The Morgan fingerprint density at radius 1 is 1.09 bits per heavy atom. The monoisotopic (exact) mass is 469 g/mol. The number of nitrogens with one attached hydrogen (secondary N) is 1. The number of benzene rings is 2. The van der Waals surface area contributed by atoms with Gasteiger partial charge in [0.15, 0.2) is 0 Å². The lowest BCUT2D eigenvalue weighted by Crippen LogP contribution is -2.42. The molecule has 1 N–H and O–H groups in total. The number of hydrogen-bond acceptors (Lipinski definition) is 5. The summed E-state index contributed by atoms with van der Waals surface area (Å²) in [6.45, 7) is 4.96. The van der Waals surface area contributed by atoms with Crippen molar-refractivity contribution in [1.29, 1.82) is 0 Å². The highest BCUT2D eigenvalue weighted by Crippen LogP contribution is 2.26. The van der Waals surface area contributed by atoms with Crippen molar-refractivity contribution in [3.05, 3.63) is 70.0 Å². The highest BCUT2D eigenvalue weighted by atomic mass is 32.2. The van der Waals surface area contributed by atoms with Crippen LogP contribution < -0.4 is 5.32 Å². The molecule has 1 saturated heterocycles. The quantitative estimate of drug-likeness (QED) is 0.588. The van der Waals surface area contributed by atoms with E-state index in [0.29, 0.717) is 37.4 Å². The molecule has 2 aromatic carbocycles. The maximum atomic E-state index is 13.0. The summed E-state index contributed by atoms with van der Waals surface area (Å²) in [4.78, 5) is 17.6. The van der Waals surface area contributed by atoms with E-state index in [1.54, 1.807) is 12.1 Å². The van der Waals surface area contributed by atoms with Crippen molar-refractivity contribution in [2.24, 2.45) is 5.92 Å². The molecule has 0 bridgehead atoms.